The number of rotatable bonds is 6. The van der Waals surface area contributed by atoms with Gasteiger partial charge in [0.15, 0.2) is 5.13 Å². The highest BCUT2D eigenvalue weighted by molar-refractivity contribution is 7.22. The molecule has 6 nitrogen and oxygen atoms in total. The lowest BCUT2D eigenvalue weighted by molar-refractivity contribution is 0.0915. The first kappa shape index (κ1) is 19.9. The van der Waals surface area contributed by atoms with Crippen LogP contribution in [0.2, 0.25) is 5.02 Å². The van der Waals surface area contributed by atoms with Crippen molar-refractivity contribution >= 4 is 44.2 Å². The van der Waals surface area contributed by atoms with Gasteiger partial charge in [0.25, 0.3) is 5.91 Å². The Kier molecular flexibility index (Phi) is 5.89. The average Bonchev–Trinajstić information content (AvgIpc) is 3.40. The number of para-hydroxylation sites is 1. The number of hydrogen-bond donors (Lipinski definition) is 0. The molecule has 1 atom stereocenters. The summed E-state index contributed by atoms with van der Waals surface area (Å²) >= 11 is 7.61. The van der Waals surface area contributed by atoms with Crippen molar-refractivity contribution in [2.75, 3.05) is 32.3 Å². The van der Waals surface area contributed by atoms with Gasteiger partial charge in [-0.25, -0.2) is 4.98 Å². The lowest BCUT2D eigenvalue weighted by Crippen LogP contribution is -2.37. The molecule has 0 radical (unpaired) electrons. The number of ether oxygens (including phenoxy) is 3. The van der Waals surface area contributed by atoms with Crippen molar-refractivity contribution in [3.63, 3.8) is 0 Å². The zero-order valence-corrected chi connectivity index (χ0v) is 17.8. The number of fused-ring (bicyclic) bond motifs is 1. The predicted molar refractivity (Wildman–Crippen MR) is 115 cm³/mol. The first-order valence-electron chi connectivity index (χ1n) is 9.31. The van der Waals surface area contributed by atoms with Crippen LogP contribution >= 0.6 is 22.9 Å². The lowest BCUT2D eigenvalue weighted by atomic mass is 10.1. The van der Waals surface area contributed by atoms with Gasteiger partial charge < -0.3 is 14.2 Å². The number of anilines is 1. The van der Waals surface area contributed by atoms with Crippen LogP contribution in [0.3, 0.4) is 0 Å². The van der Waals surface area contributed by atoms with Gasteiger partial charge in [-0.1, -0.05) is 29.0 Å². The Bertz CT molecular complexity index is 1030. The molecule has 4 rings (SSSR count). The minimum absolute atomic E-state index is 0.0296. The maximum atomic E-state index is 13.6. The van der Waals surface area contributed by atoms with Gasteiger partial charge >= 0.3 is 0 Å². The standard InChI is InChI=1S/C21H21ClN2O4S/c1-26-16-9-8-13(22)11-15(16)20(25)24(12-14-5-4-10-28-14)21-23-19-17(27-2)6-3-7-18(19)29-21/h3,6-9,11,14H,4-5,10,12H2,1-2H3/t14-/m1/s1. The van der Waals surface area contributed by atoms with E-state index in [4.69, 9.17) is 30.8 Å². The summed E-state index contributed by atoms with van der Waals surface area (Å²) in [7, 11) is 3.15. The normalized spacial score (nSPS) is 16.2. The fourth-order valence-electron chi connectivity index (χ4n) is 3.42. The first-order chi connectivity index (χ1) is 14.1. The number of hydrogen-bond acceptors (Lipinski definition) is 6. The second-order valence-corrected chi connectivity index (χ2v) is 8.14. The van der Waals surface area contributed by atoms with Crippen LogP contribution in [0.5, 0.6) is 11.5 Å². The Labute approximate surface area is 178 Å². The number of carbonyl (C=O) groups is 1. The highest BCUT2D eigenvalue weighted by Crippen LogP contribution is 2.36. The van der Waals surface area contributed by atoms with Gasteiger partial charge in [0.05, 0.1) is 37.1 Å². The number of benzene rings is 2. The summed E-state index contributed by atoms with van der Waals surface area (Å²) in [6.07, 6.45) is 1.86. The van der Waals surface area contributed by atoms with Crippen molar-refractivity contribution in [1.29, 1.82) is 0 Å². The van der Waals surface area contributed by atoms with E-state index in [2.05, 4.69) is 0 Å². The van der Waals surface area contributed by atoms with Crippen molar-refractivity contribution in [2.24, 2.45) is 0 Å². The van der Waals surface area contributed by atoms with E-state index in [1.54, 1.807) is 30.2 Å². The summed E-state index contributed by atoms with van der Waals surface area (Å²) in [5, 5.41) is 1.06. The first-order valence-corrected chi connectivity index (χ1v) is 10.5. The number of carbonyl (C=O) groups excluding carboxylic acids is 1. The number of amides is 1. The number of methoxy groups -OCH3 is 2. The molecule has 1 amide bonds. The monoisotopic (exact) mass is 432 g/mol. The van der Waals surface area contributed by atoms with E-state index in [1.807, 2.05) is 18.2 Å². The quantitative estimate of drug-likeness (QED) is 0.560. The van der Waals surface area contributed by atoms with Gasteiger partial charge in [0.2, 0.25) is 0 Å². The molecule has 1 saturated heterocycles. The molecule has 2 aromatic carbocycles. The molecule has 1 aliphatic heterocycles. The second-order valence-electron chi connectivity index (χ2n) is 6.70. The van der Waals surface area contributed by atoms with Gasteiger partial charge in [0.1, 0.15) is 17.0 Å². The molecule has 29 heavy (non-hydrogen) atoms. The van der Waals surface area contributed by atoms with Crippen LogP contribution in [0.15, 0.2) is 36.4 Å². The fourth-order valence-corrected chi connectivity index (χ4v) is 4.59. The number of thiazole rings is 1. The van der Waals surface area contributed by atoms with Crippen molar-refractivity contribution in [2.45, 2.75) is 18.9 Å². The van der Waals surface area contributed by atoms with Crippen molar-refractivity contribution < 1.29 is 19.0 Å². The fraction of sp³-hybridized carbons (Fsp3) is 0.333. The molecule has 2 heterocycles. The van der Waals surface area contributed by atoms with Crippen molar-refractivity contribution in [1.82, 2.24) is 4.98 Å². The van der Waals surface area contributed by atoms with Gasteiger partial charge in [-0.2, -0.15) is 0 Å². The molecule has 0 unspecified atom stereocenters. The molecule has 0 saturated carbocycles. The third-order valence-electron chi connectivity index (χ3n) is 4.87. The molecule has 0 bridgehead atoms. The Morgan fingerprint density at radius 3 is 2.83 bits per heavy atom. The van der Waals surface area contributed by atoms with Crippen LogP contribution in [0.25, 0.3) is 10.2 Å². The van der Waals surface area contributed by atoms with Crippen LogP contribution in [0, 0.1) is 0 Å². The van der Waals surface area contributed by atoms with Gasteiger partial charge in [-0.3, -0.25) is 9.69 Å². The molecule has 1 aromatic heterocycles. The maximum Gasteiger partial charge on any atom is 0.263 e. The van der Waals surface area contributed by atoms with Crippen LogP contribution in [0.4, 0.5) is 5.13 Å². The van der Waals surface area contributed by atoms with E-state index in [9.17, 15) is 4.79 Å². The highest BCUT2D eigenvalue weighted by atomic mass is 35.5. The molecule has 0 spiro atoms. The Morgan fingerprint density at radius 2 is 2.10 bits per heavy atom. The molecular formula is C21H21ClN2O4S. The van der Waals surface area contributed by atoms with E-state index in [0.29, 0.717) is 40.4 Å². The largest absolute Gasteiger partial charge is 0.496 e. The molecule has 152 valence electrons. The molecule has 1 aliphatic rings. The minimum atomic E-state index is -0.224. The summed E-state index contributed by atoms with van der Waals surface area (Å²) in [6.45, 7) is 1.12. The van der Waals surface area contributed by atoms with Gasteiger partial charge in [-0.05, 0) is 43.2 Å². The van der Waals surface area contributed by atoms with Crippen molar-refractivity contribution in [3.05, 3.63) is 47.0 Å². The summed E-state index contributed by atoms with van der Waals surface area (Å²) < 4.78 is 17.6. The van der Waals surface area contributed by atoms with Crippen LogP contribution in [-0.2, 0) is 4.74 Å². The molecule has 3 aromatic rings. The van der Waals surface area contributed by atoms with Crippen LogP contribution in [0.1, 0.15) is 23.2 Å². The highest BCUT2D eigenvalue weighted by Gasteiger charge is 2.29. The third-order valence-corrected chi connectivity index (χ3v) is 6.15. The Balaban J connectivity index is 1.78. The molecular weight excluding hydrogens is 412 g/mol. The van der Waals surface area contributed by atoms with E-state index in [0.717, 1.165) is 23.1 Å². The summed E-state index contributed by atoms with van der Waals surface area (Å²) in [5.41, 5.74) is 1.13. The summed E-state index contributed by atoms with van der Waals surface area (Å²) in [6, 6.07) is 10.8. The lowest BCUT2D eigenvalue weighted by Gasteiger charge is -2.24. The van der Waals surface area contributed by atoms with Crippen LogP contribution in [-0.4, -0.2) is 44.4 Å². The zero-order chi connectivity index (χ0) is 20.4. The molecule has 0 aliphatic carbocycles. The van der Waals surface area contributed by atoms with E-state index >= 15 is 0 Å². The number of nitrogens with zero attached hydrogens (tertiary/aromatic N) is 2. The average molecular weight is 433 g/mol. The smallest absolute Gasteiger partial charge is 0.263 e. The van der Waals surface area contributed by atoms with E-state index in [-0.39, 0.29) is 12.0 Å². The molecule has 8 heteroatoms. The van der Waals surface area contributed by atoms with Gasteiger partial charge in [0, 0.05) is 11.6 Å². The van der Waals surface area contributed by atoms with Gasteiger partial charge in [-0.15, -0.1) is 0 Å². The Morgan fingerprint density at radius 1 is 1.28 bits per heavy atom. The van der Waals surface area contributed by atoms with Crippen molar-refractivity contribution in [3.8, 4) is 11.5 Å². The number of halogens is 1. The maximum absolute atomic E-state index is 13.6. The summed E-state index contributed by atoms with van der Waals surface area (Å²) in [5.74, 6) is 0.920. The predicted octanol–water partition coefficient (Wildman–Crippen LogP) is 4.79. The zero-order valence-electron chi connectivity index (χ0n) is 16.2. The second kappa shape index (κ2) is 8.57. The topological polar surface area (TPSA) is 60.9 Å². The third kappa shape index (κ3) is 4.03. The van der Waals surface area contributed by atoms with E-state index in [1.165, 1.54) is 18.4 Å². The molecule has 1 fully saturated rings. The van der Waals surface area contributed by atoms with Crippen LogP contribution < -0.4 is 14.4 Å². The number of aromatic nitrogens is 1. The van der Waals surface area contributed by atoms with E-state index < -0.39 is 0 Å². The molecule has 0 N–H and O–H groups in total. The Hall–Kier alpha value is -2.35. The SMILES string of the molecule is COc1ccc(Cl)cc1C(=O)N(C[C@H]1CCCO1)c1nc2c(OC)cccc2s1. The minimum Gasteiger partial charge on any atom is -0.496 e. The summed E-state index contributed by atoms with van der Waals surface area (Å²) in [4.78, 5) is 19.9.